The Hall–Kier alpha value is -3.07. The van der Waals surface area contributed by atoms with Gasteiger partial charge in [-0.25, -0.2) is 0 Å². The third-order valence-electron chi connectivity index (χ3n) is 4.07. The summed E-state index contributed by atoms with van der Waals surface area (Å²) in [6.07, 6.45) is 1.89. The molecule has 0 fully saturated rings. The Morgan fingerprint density at radius 2 is 1.39 bits per heavy atom. The molecular formula is C20H16N2O. The number of aromatic nitrogens is 2. The van der Waals surface area contributed by atoms with Crippen molar-refractivity contribution < 1.29 is 5.11 Å². The highest BCUT2D eigenvalue weighted by molar-refractivity contribution is 5.78. The lowest BCUT2D eigenvalue weighted by atomic mass is 9.98. The topological polar surface area (TPSA) is 38.0 Å². The van der Waals surface area contributed by atoms with Crippen LogP contribution in [0.15, 0.2) is 85.1 Å². The number of para-hydroxylation sites is 1. The van der Waals surface area contributed by atoms with Crippen molar-refractivity contribution in [3.8, 4) is 5.75 Å². The Morgan fingerprint density at radius 3 is 2.17 bits per heavy atom. The van der Waals surface area contributed by atoms with Crippen LogP contribution in [0.2, 0.25) is 0 Å². The van der Waals surface area contributed by atoms with E-state index in [1.54, 1.807) is 12.1 Å². The van der Waals surface area contributed by atoms with Gasteiger partial charge in [-0.05, 0) is 29.3 Å². The summed E-state index contributed by atoms with van der Waals surface area (Å²) >= 11 is 0. The molecule has 3 nitrogen and oxygen atoms in total. The van der Waals surface area contributed by atoms with E-state index in [0.29, 0.717) is 0 Å². The van der Waals surface area contributed by atoms with Crippen molar-refractivity contribution >= 4 is 10.9 Å². The Labute approximate surface area is 134 Å². The van der Waals surface area contributed by atoms with E-state index in [-0.39, 0.29) is 11.8 Å². The van der Waals surface area contributed by atoms with Crippen LogP contribution in [0, 0.1) is 0 Å². The molecule has 4 rings (SSSR count). The Morgan fingerprint density at radius 1 is 0.739 bits per heavy atom. The van der Waals surface area contributed by atoms with Gasteiger partial charge in [0.15, 0.2) is 0 Å². The number of hydrogen-bond donors (Lipinski definition) is 1. The number of fused-ring (bicyclic) bond motifs is 1. The van der Waals surface area contributed by atoms with E-state index in [2.05, 4.69) is 29.4 Å². The van der Waals surface area contributed by atoms with E-state index in [1.807, 2.05) is 53.3 Å². The maximum absolute atomic E-state index is 9.59. The second-order valence-electron chi connectivity index (χ2n) is 5.55. The van der Waals surface area contributed by atoms with Gasteiger partial charge in [-0.15, -0.1) is 0 Å². The summed E-state index contributed by atoms with van der Waals surface area (Å²) in [7, 11) is 0. The maximum atomic E-state index is 9.59. The normalized spacial score (nSPS) is 12.3. The van der Waals surface area contributed by atoms with Crippen molar-refractivity contribution in [1.29, 1.82) is 0 Å². The summed E-state index contributed by atoms with van der Waals surface area (Å²) in [5, 5.41) is 15.3. The van der Waals surface area contributed by atoms with Gasteiger partial charge in [-0.3, -0.25) is 4.68 Å². The predicted molar refractivity (Wildman–Crippen MR) is 91.5 cm³/mol. The Kier molecular flexibility index (Phi) is 3.31. The van der Waals surface area contributed by atoms with Crippen molar-refractivity contribution in [1.82, 2.24) is 9.78 Å². The summed E-state index contributed by atoms with van der Waals surface area (Å²) in [5.41, 5.74) is 3.34. The van der Waals surface area contributed by atoms with Crippen LogP contribution in [0.1, 0.15) is 17.2 Å². The Bertz CT molecular complexity index is 927. The molecule has 1 atom stereocenters. The minimum Gasteiger partial charge on any atom is -0.508 e. The summed E-state index contributed by atoms with van der Waals surface area (Å²) in [5.74, 6) is 0.269. The van der Waals surface area contributed by atoms with E-state index in [4.69, 9.17) is 0 Å². The highest BCUT2D eigenvalue weighted by Crippen LogP contribution is 2.30. The van der Waals surface area contributed by atoms with Crippen molar-refractivity contribution in [3.05, 3.63) is 96.2 Å². The van der Waals surface area contributed by atoms with E-state index in [0.717, 1.165) is 22.0 Å². The molecule has 0 aliphatic rings. The van der Waals surface area contributed by atoms with Crippen LogP contribution in [-0.4, -0.2) is 14.9 Å². The minimum absolute atomic E-state index is 0.0308. The first-order chi connectivity index (χ1) is 11.3. The van der Waals surface area contributed by atoms with E-state index in [9.17, 15) is 5.11 Å². The average Bonchev–Trinajstić information content (AvgIpc) is 3.02. The molecule has 112 valence electrons. The average molecular weight is 300 g/mol. The molecule has 1 aromatic heterocycles. The van der Waals surface area contributed by atoms with Crippen LogP contribution in [0.3, 0.4) is 0 Å². The zero-order chi connectivity index (χ0) is 15.6. The lowest BCUT2D eigenvalue weighted by Crippen LogP contribution is -2.13. The van der Waals surface area contributed by atoms with E-state index in [1.165, 1.54) is 0 Å². The number of nitrogens with zero attached hydrogens (tertiary/aromatic N) is 2. The van der Waals surface area contributed by atoms with Crippen LogP contribution in [0.4, 0.5) is 0 Å². The molecule has 0 unspecified atom stereocenters. The zero-order valence-corrected chi connectivity index (χ0v) is 12.5. The molecule has 1 heterocycles. The molecule has 0 aliphatic heterocycles. The van der Waals surface area contributed by atoms with Crippen LogP contribution in [0.5, 0.6) is 5.75 Å². The molecule has 0 bridgehead atoms. The molecule has 0 saturated heterocycles. The standard InChI is InChI=1S/C20H16N2O/c23-18-12-10-16(11-13-18)20(15-6-2-1-3-7-15)22-19-9-5-4-8-17(19)14-21-22/h1-14,20,23H/t20-/m0/s1. The molecule has 0 saturated carbocycles. The highest BCUT2D eigenvalue weighted by atomic mass is 16.3. The van der Waals surface area contributed by atoms with Gasteiger partial charge in [0.05, 0.1) is 11.7 Å². The number of phenols is 1. The Balaban J connectivity index is 1.94. The second kappa shape index (κ2) is 5.61. The zero-order valence-electron chi connectivity index (χ0n) is 12.5. The first-order valence-electron chi connectivity index (χ1n) is 7.59. The molecule has 3 aromatic carbocycles. The SMILES string of the molecule is Oc1ccc([C@H](c2ccccc2)n2ncc3ccccc32)cc1. The number of aromatic hydroxyl groups is 1. The van der Waals surface area contributed by atoms with Crippen LogP contribution in [-0.2, 0) is 0 Å². The van der Waals surface area contributed by atoms with Crippen molar-refractivity contribution in [2.75, 3.05) is 0 Å². The molecule has 1 N–H and O–H groups in total. The molecule has 23 heavy (non-hydrogen) atoms. The third-order valence-corrected chi connectivity index (χ3v) is 4.07. The van der Waals surface area contributed by atoms with E-state index < -0.39 is 0 Å². The largest absolute Gasteiger partial charge is 0.508 e. The summed E-state index contributed by atoms with van der Waals surface area (Å²) in [4.78, 5) is 0. The molecule has 0 radical (unpaired) electrons. The third kappa shape index (κ3) is 2.46. The second-order valence-corrected chi connectivity index (χ2v) is 5.55. The van der Waals surface area contributed by atoms with Gasteiger partial charge in [-0.1, -0.05) is 60.7 Å². The summed E-state index contributed by atoms with van der Waals surface area (Å²) < 4.78 is 2.04. The predicted octanol–water partition coefficient (Wildman–Crippen LogP) is 4.38. The van der Waals surface area contributed by atoms with Gasteiger partial charge in [0.1, 0.15) is 11.8 Å². The fourth-order valence-electron chi connectivity index (χ4n) is 2.96. The minimum atomic E-state index is -0.0308. The lowest BCUT2D eigenvalue weighted by Gasteiger charge is -2.20. The summed E-state index contributed by atoms with van der Waals surface area (Å²) in [6.45, 7) is 0. The highest BCUT2D eigenvalue weighted by Gasteiger charge is 2.19. The van der Waals surface area contributed by atoms with Gasteiger partial charge in [0.2, 0.25) is 0 Å². The molecule has 4 aromatic rings. The fourth-order valence-corrected chi connectivity index (χ4v) is 2.96. The monoisotopic (exact) mass is 300 g/mol. The number of hydrogen-bond acceptors (Lipinski definition) is 2. The van der Waals surface area contributed by atoms with Gasteiger partial charge in [-0.2, -0.15) is 5.10 Å². The summed E-state index contributed by atoms with van der Waals surface area (Å²) in [6, 6.07) is 25.8. The molecule has 0 aliphatic carbocycles. The number of phenolic OH excluding ortho intramolecular Hbond substituents is 1. The lowest BCUT2D eigenvalue weighted by molar-refractivity contribution is 0.474. The first-order valence-corrected chi connectivity index (χ1v) is 7.59. The van der Waals surface area contributed by atoms with Gasteiger partial charge >= 0.3 is 0 Å². The van der Waals surface area contributed by atoms with Gasteiger partial charge in [0, 0.05) is 5.39 Å². The van der Waals surface area contributed by atoms with Crippen molar-refractivity contribution in [2.45, 2.75) is 6.04 Å². The van der Waals surface area contributed by atoms with Crippen LogP contribution < -0.4 is 0 Å². The molecule has 0 spiro atoms. The van der Waals surface area contributed by atoms with Crippen molar-refractivity contribution in [2.24, 2.45) is 0 Å². The maximum Gasteiger partial charge on any atom is 0.115 e. The number of benzene rings is 3. The quantitative estimate of drug-likeness (QED) is 0.609. The molecule has 0 amide bonds. The van der Waals surface area contributed by atoms with Gasteiger partial charge < -0.3 is 5.11 Å². The first kappa shape index (κ1) is 13.6. The van der Waals surface area contributed by atoms with Crippen LogP contribution >= 0.6 is 0 Å². The van der Waals surface area contributed by atoms with Crippen molar-refractivity contribution in [3.63, 3.8) is 0 Å². The smallest absolute Gasteiger partial charge is 0.115 e. The van der Waals surface area contributed by atoms with E-state index >= 15 is 0 Å². The molecular weight excluding hydrogens is 284 g/mol. The molecule has 3 heteroatoms. The number of rotatable bonds is 3. The fraction of sp³-hybridized carbons (Fsp3) is 0.0500. The van der Waals surface area contributed by atoms with Crippen LogP contribution in [0.25, 0.3) is 10.9 Å². The van der Waals surface area contributed by atoms with Gasteiger partial charge in [0.25, 0.3) is 0 Å².